The fraction of sp³-hybridized carbons (Fsp3) is 0.200. The normalized spacial score (nSPS) is 10.8. The lowest BCUT2D eigenvalue weighted by atomic mass is 10.1. The van der Waals surface area contributed by atoms with Gasteiger partial charge in [0.05, 0.1) is 19.8 Å². The van der Waals surface area contributed by atoms with Crippen molar-refractivity contribution in [1.29, 1.82) is 0 Å². The van der Waals surface area contributed by atoms with Gasteiger partial charge in [-0.3, -0.25) is 9.59 Å². The van der Waals surface area contributed by atoms with Gasteiger partial charge in [-0.1, -0.05) is 24.3 Å². The summed E-state index contributed by atoms with van der Waals surface area (Å²) >= 11 is 0. The van der Waals surface area contributed by atoms with Crippen molar-refractivity contribution in [2.75, 3.05) is 20.8 Å². The van der Waals surface area contributed by atoms with Gasteiger partial charge in [0.25, 0.3) is 11.8 Å². The molecule has 0 saturated heterocycles. The molecular weight excluding hydrogens is 332 g/mol. The number of methoxy groups -OCH3 is 2. The van der Waals surface area contributed by atoms with Crippen molar-refractivity contribution >= 4 is 17.9 Å². The number of benzene rings is 2. The zero-order valence-corrected chi connectivity index (χ0v) is 15.0. The second-order valence-electron chi connectivity index (χ2n) is 5.35. The average molecular weight is 354 g/mol. The fourth-order valence-corrected chi connectivity index (χ4v) is 2.30. The molecule has 0 unspecified atom stereocenters. The Balaban J connectivity index is 2.30. The van der Waals surface area contributed by atoms with E-state index in [1.165, 1.54) is 7.11 Å². The maximum atomic E-state index is 12.6. The molecule has 0 heterocycles. The fourth-order valence-electron chi connectivity index (χ4n) is 2.30. The quantitative estimate of drug-likeness (QED) is 0.750. The first kappa shape index (κ1) is 19.1. The molecule has 0 aromatic heterocycles. The van der Waals surface area contributed by atoms with E-state index in [9.17, 15) is 9.59 Å². The predicted octanol–water partition coefficient (Wildman–Crippen LogP) is 2.61. The van der Waals surface area contributed by atoms with Crippen molar-refractivity contribution in [3.05, 3.63) is 65.4 Å². The molecule has 0 aliphatic heterocycles. The van der Waals surface area contributed by atoms with Crippen LogP contribution >= 0.6 is 0 Å². The van der Waals surface area contributed by atoms with Crippen LogP contribution in [0.25, 0.3) is 6.08 Å². The van der Waals surface area contributed by atoms with E-state index >= 15 is 0 Å². The summed E-state index contributed by atoms with van der Waals surface area (Å²) < 4.78 is 10.3. The molecule has 0 saturated carbocycles. The van der Waals surface area contributed by atoms with Crippen molar-refractivity contribution in [2.24, 2.45) is 0 Å². The molecule has 6 heteroatoms. The molecule has 2 N–H and O–H groups in total. The van der Waals surface area contributed by atoms with Crippen LogP contribution in [0.2, 0.25) is 0 Å². The van der Waals surface area contributed by atoms with Crippen LogP contribution in [0, 0.1) is 0 Å². The third-order valence-electron chi connectivity index (χ3n) is 3.61. The largest absolute Gasteiger partial charge is 0.497 e. The number of nitrogens with one attached hydrogen (secondary N) is 2. The second-order valence-corrected chi connectivity index (χ2v) is 5.35. The molecule has 2 aromatic carbocycles. The number of ether oxygens (including phenoxy) is 2. The molecule has 6 nitrogen and oxygen atoms in total. The van der Waals surface area contributed by atoms with Gasteiger partial charge in [0.2, 0.25) is 0 Å². The van der Waals surface area contributed by atoms with Gasteiger partial charge in [-0.2, -0.15) is 0 Å². The number of para-hydroxylation sites is 1. The highest BCUT2D eigenvalue weighted by Crippen LogP contribution is 2.18. The first-order valence-corrected chi connectivity index (χ1v) is 8.17. The van der Waals surface area contributed by atoms with Gasteiger partial charge < -0.3 is 20.1 Å². The van der Waals surface area contributed by atoms with Crippen molar-refractivity contribution in [2.45, 2.75) is 6.92 Å². The zero-order chi connectivity index (χ0) is 18.9. The van der Waals surface area contributed by atoms with E-state index in [0.717, 1.165) is 5.56 Å². The summed E-state index contributed by atoms with van der Waals surface area (Å²) in [6.45, 7) is 2.26. The van der Waals surface area contributed by atoms with Gasteiger partial charge in [0, 0.05) is 6.54 Å². The summed E-state index contributed by atoms with van der Waals surface area (Å²) in [5.41, 5.74) is 1.25. The molecule has 0 aliphatic rings. The molecule has 26 heavy (non-hydrogen) atoms. The van der Waals surface area contributed by atoms with E-state index < -0.39 is 5.91 Å². The highest BCUT2D eigenvalue weighted by Gasteiger charge is 2.16. The van der Waals surface area contributed by atoms with Crippen LogP contribution < -0.4 is 20.1 Å². The van der Waals surface area contributed by atoms with Gasteiger partial charge in [-0.25, -0.2) is 0 Å². The molecule has 0 aliphatic carbocycles. The Morgan fingerprint density at radius 3 is 2.31 bits per heavy atom. The maximum Gasteiger partial charge on any atom is 0.267 e. The van der Waals surface area contributed by atoms with Crippen LogP contribution in [0.3, 0.4) is 0 Å². The minimum atomic E-state index is -0.423. The second kappa shape index (κ2) is 9.27. The molecule has 136 valence electrons. The molecule has 0 bridgehead atoms. The van der Waals surface area contributed by atoms with E-state index in [1.54, 1.807) is 61.7 Å². The molecule has 0 atom stereocenters. The smallest absolute Gasteiger partial charge is 0.267 e. The lowest BCUT2D eigenvalue weighted by Gasteiger charge is -2.12. The minimum absolute atomic E-state index is 0.146. The zero-order valence-electron chi connectivity index (χ0n) is 15.0. The van der Waals surface area contributed by atoms with Gasteiger partial charge in [0.15, 0.2) is 0 Å². The van der Waals surface area contributed by atoms with E-state index in [2.05, 4.69) is 10.6 Å². The number of hydrogen-bond acceptors (Lipinski definition) is 4. The van der Waals surface area contributed by atoms with Crippen LogP contribution in [0.15, 0.2) is 54.2 Å². The SMILES string of the molecule is CCNC(=O)C(=Cc1ccc(OC)cc1)NC(=O)c1ccccc1OC. The topological polar surface area (TPSA) is 76.7 Å². The Morgan fingerprint density at radius 2 is 1.69 bits per heavy atom. The number of rotatable bonds is 7. The monoisotopic (exact) mass is 354 g/mol. The lowest BCUT2D eigenvalue weighted by molar-refractivity contribution is -0.117. The molecule has 0 radical (unpaired) electrons. The summed E-state index contributed by atoms with van der Waals surface area (Å²) in [6.07, 6.45) is 1.61. The van der Waals surface area contributed by atoms with Gasteiger partial charge in [0.1, 0.15) is 17.2 Å². The summed E-state index contributed by atoms with van der Waals surface area (Å²) in [4.78, 5) is 24.9. The van der Waals surface area contributed by atoms with Crippen molar-refractivity contribution in [3.63, 3.8) is 0 Å². The molecule has 0 fully saturated rings. The lowest BCUT2D eigenvalue weighted by Crippen LogP contribution is -2.34. The van der Waals surface area contributed by atoms with Crippen LogP contribution in [-0.4, -0.2) is 32.6 Å². The molecule has 0 spiro atoms. The van der Waals surface area contributed by atoms with Gasteiger partial charge in [-0.05, 0) is 42.8 Å². The Morgan fingerprint density at radius 1 is 1.00 bits per heavy atom. The number of carbonyl (C=O) groups excluding carboxylic acids is 2. The molecule has 2 rings (SSSR count). The first-order chi connectivity index (χ1) is 12.6. The van der Waals surface area contributed by atoms with Crippen LogP contribution in [-0.2, 0) is 4.79 Å². The number of hydrogen-bond donors (Lipinski definition) is 2. The third-order valence-corrected chi connectivity index (χ3v) is 3.61. The van der Waals surface area contributed by atoms with Crippen LogP contribution in [0.4, 0.5) is 0 Å². The predicted molar refractivity (Wildman–Crippen MR) is 100 cm³/mol. The third kappa shape index (κ3) is 4.86. The van der Waals surface area contributed by atoms with Crippen molar-refractivity contribution in [3.8, 4) is 11.5 Å². The number of amides is 2. The first-order valence-electron chi connectivity index (χ1n) is 8.17. The summed E-state index contributed by atoms with van der Waals surface area (Å²) in [5.74, 6) is 0.351. The highest BCUT2D eigenvalue weighted by molar-refractivity contribution is 6.06. The summed E-state index contributed by atoms with van der Waals surface area (Å²) in [5, 5.41) is 5.36. The Bertz CT molecular complexity index is 798. The summed E-state index contributed by atoms with van der Waals surface area (Å²) in [6, 6.07) is 14.0. The Hall–Kier alpha value is -3.28. The van der Waals surface area contributed by atoms with Crippen LogP contribution in [0.1, 0.15) is 22.8 Å². The summed E-state index contributed by atoms with van der Waals surface area (Å²) in [7, 11) is 3.07. The van der Waals surface area contributed by atoms with Crippen molar-refractivity contribution in [1.82, 2.24) is 10.6 Å². The Labute approximate surface area is 152 Å². The number of likely N-dealkylation sites (N-methyl/N-ethyl adjacent to an activating group) is 1. The maximum absolute atomic E-state index is 12.6. The highest BCUT2D eigenvalue weighted by atomic mass is 16.5. The van der Waals surface area contributed by atoms with E-state index in [4.69, 9.17) is 9.47 Å². The van der Waals surface area contributed by atoms with E-state index in [-0.39, 0.29) is 11.6 Å². The molecular formula is C20H22N2O4. The van der Waals surface area contributed by atoms with E-state index in [0.29, 0.717) is 23.6 Å². The molecule has 2 amide bonds. The van der Waals surface area contributed by atoms with Gasteiger partial charge >= 0.3 is 0 Å². The van der Waals surface area contributed by atoms with Crippen molar-refractivity contribution < 1.29 is 19.1 Å². The van der Waals surface area contributed by atoms with E-state index in [1.807, 2.05) is 6.92 Å². The minimum Gasteiger partial charge on any atom is -0.497 e. The number of carbonyl (C=O) groups is 2. The standard InChI is InChI=1S/C20H22N2O4/c1-4-21-20(24)17(13-14-9-11-15(25-2)12-10-14)22-19(23)16-7-5-6-8-18(16)26-3/h5-13H,4H2,1-3H3,(H,21,24)(H,22,23). The van der Waals surface area contributed by atoms with Gasteiger partial charge in [-0.15, -0.1) is 0 Å². The van der Waals surface area contributed by atoms with Crippen LogP contribution in [0.5, 0.6) is 11.5 Å². The average Bonchev–Trinajstić information content (AvgIpc) is 2.68. The Kier molecular flexibility index (Phi) is 6.79. The molecule has 2 aromatic rings.